The first-order chi connectivity index (χ1) is 6.60. The maximum atomic E-state index is 11.4. The van der Waals surface area contributed by atoms with Crippen LogP contribution in [0.25, 0.3) is 0 Å². The molecule has 0 spiro atoms. The van der Waals surface area contributed by atoms with E-state index < -0.39 is 0 Å². The number of hydrogen-bond acceptors (Lipinski definition) is 2. The standard InChI is InChI=1S/C10H10Cl2O2/c1-6-3-7(8(13)5-11)10(12)9(4-6)14-2/h3-4H,5H2,1-2H3. The van der Waals surface area contributed by atoms with Crippen molar-refractivity contribution in [3.63, 3.8) is 0 Å². The second-order valence-electron chi connectivity index (χ2n) is 2.89. The molecule has 0 unspecified atom stereocenters. The van der Waals surface area contributed by atoms with E-state index in [0.29, 0.717) is 16.3 Å². The van der Waals surface area contributed by atoms with Gasteiger partial charge in [0.2, 0.25) is 0 Å². The van der Waals surface area contributed by atoms with Gasteiger partial charge in [-0.2, -0.15) is 0 Å². The van der Waals surface area contributed by atoms with Crippen LogP contribution < -0.4 is 4.74 Å². The van der Waals surface area contributed by atoms with Crippen LogP contribution in [0.3, 0.4) is 0 Å². The number of carbonyl (C=O) groups is 1. The van der Waals surface area contributed by atoms with Crippen LogP contribution in [0.4, 0.5) is 0 Å². The van der Waals surface area contributed by atoms with E-state index in [1.807, 2.05) is 6.92 Å². The zero-order chi connectivity index (χ0) is 10.7. The van der Waals surface area contributed by atoms with Crippen molar-refractivity contribution in [3.05, 3.63) is 28.3 Å². The topological polar surface area (TPSA) is 26.3 Å². The van der Waals surface area contributed by atoms with Gasteiger partial charge in [-0.25, -0.2) is 0 Å². The number of Topliss-reactive ketones (excluding diaryl/α,β-unsaturated/α-hetero) is 1. The number of ketones is 1. The van der Waals surface area contributed by atoms with Crippen LogP contribution in [0, 0.1) is 6.92 Å². The van der Waals surface area contributed by atoms with Gasteiger partial charge in [-0.05, 0) is 24.6 Å². The summed E-state index contributed by atoms with van der Waals surface area (Å²) in [7, 11) is 1.51. The van der Waals surface area contributed by atoms with E-state index in [1.54, 1.807) is 12.1 Å². The molecule has 0 saturated heterocycles. The predicted molar refractivity (Wildman–Crippen MR) is 57.8 cm³/mol. The molecular weight excluding hydrogens is 223 g/mol. The van der Waals surface area contributed by atoms with Gasteiger partial charge in [0.25, 0.3) is 0 Å². The molecule has 0 amide bonds. The third kappa shape index (κ3) is 2.20. The van der Waals surface area contributed by atoms with Gasteiger partial charge in [0.05, 0.1) is 18.0 Å². The molecule has 76 valence electrons. The molecule has 1 rings (SSSR count). The number of hydrogen-bond donors (Lipinski definition) is 0. The van der Waals surface area contributed by atoms with Gasteiger partial charge in [-0.3, -0.25) is 4.79 Å². The first-order valence-electron chi connectivity index (χ1n) is 4.03. The van der Waals surface area contributed by atoms with Gasteiger partial charge < -0.3 is 4.74 Å². The molecule has 0 saturated carbocycles. The normalized spacial score (nSPS) is 10.0. The Balaban J connectivity index is 3.29. The number of methoxy groups -OCH3 is 1. The summed E-state index contributed by atoms with van der Waals surface area (Å²) in [4.78, 5) is 11.4. The molecule has 1 aromatic carbocycles. The minimum absolute atomic E-state index is 0.0771. The summed E-state index contributed by atoms with van der Waals surface area (Å²) in [5, 5.41) is 0.323. The smallest absolute Gasteiger partial charge is 0.179 e. The third-order valence-electron chi connectivity index (χ3n) is 1.83. The van der Waals surface area contributed by atoms with Crippen molar-refractivity contribution in [3.8, 4) is 5.75 Å². The highest BCUT2D eigenvalue weighted by molar-refractivity contribution is 6.38. The Morgan fingerprint density at radius 3 is 2.64 bits per heavy atom. The number of aryl methyl sites for hydroxylation is 1. The van der Waals surface area contributed by atoms with Crippen LogP contribution in [-0.4, -0.2) is 18.8 Å². The number of benzene rings is 1. The van der Waals surface area contributed by atoms with Crippen molar-refractivity contribution in [2.45, 2.75) is 6.92 Å². The lowest BCUT2D eigenvalue weighted by molar-refractivity contribution is 0.102. The molecule has 0 aliphatic carbocycles. The fraction of sp³-hybridized carbons (Fsp3) is 0.300. The van der Waals surface area contributed by atoms with Crippen LogP contribution in [0.2, 0.25) is 5.02 Å². The Kier molecular flexibility index (Phi) is 3.78. The Hall–Kier alpha value is -0.730. The van der Waals surface area contributed by atoms with E-state index in [2.05, 4.69) is 0 Å². The van der Waals surface area contributed by atoms with Crippen molar-refractivity contribution < 1.29 is 9.53 Å². The highest BCUT2D eigenvalue weighted by atomic mass is 35.5. The summed E-state index contributed by atoms with van der Waals surface area (Å²) in [6.45, 7) is 1.86. The quantitative estimate of drug-likeness (QED) is 0.592. The largest absolute Gasteiger partial charge is 0.495 e. The van der Waals surface area contributed by atoms with Gasteiger partial charge in [0, 0.05) is 5.56 Å². The molecule has 0 fully saturated rings. The highest BCUT2D eigenvalue weighted by Gasteiger charge is 2.13. The average Bonchev–Trinajstić information content (AvgIpc) is 2.19. The molecule has 0 aliphatic heterocycles. The Bertz CT molecular complexity index is 361. The van der Waals surface area contributed by atoms with Gasteiger partial charge in [-0.1, -0.05) is 11.6 Å². The molecule has 0 N–H and O–H groups in total. The maximum Gasteiger partial charge on any atom is 0.179 e. The minimum Gasteiger partial charge on any atom is -0.495 e. The molecule has 0 aromatic heterocycles. The first-order valence-corrected chi connectivity index (χ1v) is 4.94. The third-order valence-corrected chi connectivity index (χ3v) is 2.46. The lowest BCUT2D eigenvalue weighted by atomic mass is 10.1. The molecule has 0 heterocycles. The lowest BCUT2D eigenvalue weighted by Crippen LogP contribution is -2.03. The number of carbonyl (C=O) groups excluding carboxylic acids is 1. The molecule has 0 aliphatic rings. The Morgan fingerprint density at radius 2 is 2.14 bits per heavy atom. The summed E-state index contributed by atoms with van der Waals surface area (Å²) < 4.78 is 5.03. The summed E-state index contributed by atoms with van der Waals surface area (Å²) in [6.07, 6.45) is 0. The fourth-order valence-electron chi connectivity index (χ4n) is 1.16. The predicted octanol–water partition coefficient (Wildman–Crippen LogP) is 3.08. The Labute approximate surface area is 92.8 Å². The number of halogens is 2. The van der Waals surface area contributed by atoms with Crippen LogP contribution in [-0.2, 0) is 0 Å². The van der Waals surface area contributed by atoms with Crippen molar-refractivity contribution in [2.24, 2.45) is 0 Å². The lowest BCUT2D eigenvalue weighted by Gasteiger charge is -2.08. The van der Waals surface area contributed by atoms with Crippen LogP contribution in [0.1, 0.15) is 15.9 Å². The molecule has 2 nitrogen and oxygen atoms in total. The molecule has 0 atom stereocenters. The maximum absolute atomic E-state index is 11.4. The average molecular weight is 233 g/mol. The summed E-state index contributed by atoms with van der Waals surface area (Å²) in [5.74, 6) is 0.227. The molecule has 0 radical (unpaired) electrons. The molecule has 1 aromatic rings. The van der Waals surface area contributed by atoms with E-state index in [0.717, 1.165) is 5.56 Å². The van der Waals surface area contributed by atoms with Gasteiger partial charge >= 0.3 is 0 Å². The van der Waals surface area contributed by atoms with E-state index >= 15 is 0 Å². The number of alkyl halides is 1. The summed E-state index contributed by atoms with van der Waals surface area (Å²) in [6, 6.07) is 3.48. The molecular formula is C10H10Cl2O2. The molecule has 14 heavy (non-hydrogen) atoms. The van der Waals surface area contributed by atoms with Crippen LogP contribution >= 0.6 is 23.2 Å². The van der Waals surface area contributed by atoms with E-state index in [4.69, 9.17) is 27.9 Å². The van der Waals surface area contributed by atoms with Gasteiger partial charge in [0.1, 0.15) is 5.75 Å². The zero-order valence-electron chi connectivity index (χ0n) is 7.93. The molecule has 4 heteroatoms. The van der Waals surface area contributed by atoms with Crippen LogP contribution in [0.5, 0.6) is 5.75 Å². The number of ether oxygens (including phenoxy) is 1. The van der Waals surface area contributed by atoms with Crippen molar-refractivity contribution >= 4 is 29.0 Å². The van der Waals surface area contributed by atoms with E-state index in [-0.39, 0.29) is 11.7 Å². The van der Waals surface area contributed by atoms with Gasteiger partial charge in [0.15, 0.2) is 5.78 Å². The fourth-order valence-corrected chi connectivity index (χ4v) is 1.59. The van der Waals surface area contributed by atoms with E-state index in [9.17, 15) is 4.79 Å². The second kappa shape index (κ2) is 4.67. The first kappa shape index (κ1) is 11.3. The zero-order valence-corrected chi connectivity index (χ0v) is 9.45. The highest BCUT2D eigenvalue weighted by Crippen LogP contribution is 2.30. The van der Waals surface area contributed by atoms with Crippen molar-refractivity contribution in [2.75, 3.05) is 13.0 Å². The van der Waals surface area contributed by atoms with Crippen LogP contribution in [0.15, 0.2) is 12.1 Å². The monoisotopic (exact) mass is 232 g/mol. The number of rotatable bonds is 3. The van der Waals surface area contributed by atoms with Crippen molar-refractivity contribution in [1.29, 1.82) is 0 Å². The second-order valence-corrected chi connectivity index (χ2v) is 3.53. The van der Waals surface area contributed by atoms with Crippen molar-refractivity contribution in [1.82, 2.24) is 0 Å². The summed E-state index contributed by atoms with van der Waals surface area (Å²) in [5.41, 5.74) is 1.33. The van der Waals surface area contributed by atoms with E-state index in [1.165, 1.54) is 7.11 Å². The van der Waals surface area contributed by atoms with Gasteiger partial charge in [-0.15, -0.1) is 11.6 Å². The summed E-state index contributed by atoms with van der Waals surface area (Å²) >= 11 is 11.4. The Morgan fingerprint density at radius 1 is 1.50 bits per heavy atom. The minimum atomic E-state index is -0.196. The molecule has 0 bridgehead atoms. The SMILES string of the molecule is COc1cc(C)cc(C(=O)CCl)c1Cl.